The Bertz CT molecular complexity index is 1300. The van der Waals surface area contributed by atoms with Gasteiger partial charge >= 0.3 is 0 Å². The lowest BCUT2D eigenvalue weighted by Crippen LogP contribution is -2.43. The number of fused-ring (bicyclic) bond motifs is 1. The van der Waals surface area contributed by atoms with Crippen LogP contribution < -0.4 is 10.5 Å². The molecule has 0 saturated carbocycles. The summed E-state index contributed by atoms with van der Waals surface area (Å²) in [4.78, 5) is 24.3. The topological polar surface area (TPSA) is 203 Å². The maximum atomic E-state index is 12.5. The van der Waals surface area contributed by atoms with Gasteiger partial charge in [-0.1, -0.05) is 23.7 Å². The number of aromatic nitrogens is 4. The monoisotopic (exact) mass is 498 g/mol. The van der Waals surface area contributed by atoms with Crippen molar-refractivity contribution in [2.45, 2.75) is 29.2 Å². The molecule has 1 aliphatic heterocycles. The molecule has 1 aromatic carbocycles. The number of imidazole rings is 1. The second kappa shape index (κ2) is 8.81. The number of nitrogens with two attached hydrogens (primary N) is 1. The lowest BCUT2D eigenvalue weighted by molar-refractivity contribution is -0.0330. The summed E-state index contributed by atoms with van der Waals surface area (Å²) in [7, 11) is -4.44. The maximum absolute atomic E-state index is 12.5. The molecule has 0 radical (unpaired) electrons. The molecular weight excluding hydrogens is 480 g/mol. The number of hydrogen-bond donors (Lipinski definition) is 5. The number of benzene rings is 1. The first kappa shape index (κ1) is 23.3. The highest BCUT2D eigenvalue weighted by Crippen LogP contribution is 2.32. The summed E-state index contributed by atoms with van der Waals surface area (Å²) in [5, 5.41) is 30.6. The minimum absolute atomic E-state index is 0.110. The lowest BCUT2D eigenvalue weighted by Gasteiger charge is -2.17. The quantitative estimate of drug-likeness (QED) is 0.199. The van der Waals surface area contributed by atoms with Crippen LogP contribution in [0, 0.1) is 0 Å². The number of anilines is 1. The number of Topliss-reactive ketones (excluding diaryl/α,β-unsaturated/α-hetero) is 1. The molecule has 1 fully saturated rings. The molecule has 0 aliphatic carbocycles. The number of phenols is 1. The molecule has 1 aliphatic rings. The third-order valence-electron chi connectivity index (χ3n) is 5.13. The van der Waals surface area contributed by atoms with E-state index in [1.54, 1.807) is 0 Å². The number of aliphatic hydroxyl groups is 2. The summed E-state index contributed by atoms with van der Waals surface area (Å²) >= 11 is 5.87. The van der Waals surface area contributed by atoms with Gasteiger partial charge in [0.1, 0.15) is 35.9 Å². The molecule has 3 aromatic rings. The number of carbonyl (C=O) groups excluding carboxylic acids is 1. The molecule has 1 saturated heterocycles. The molecule has 0 amide bonds. The van der Waals surface area contributed by atoms with Gasteiger partial charge in [-0.2, -0.15) is 0 Å². The van der Waals surface area contributed by atoms with Crippen LogP contribution in [0.25, 0.3) is 11.2 Å². The van der Waals surface area contributed by atoms with Crippen LogP contribution in [-0.2, 0) is 14.8 Å². The van der Waals surface area contributed by atoms with Crippen molar-refractivity contribution in [1.82, 2.24) is 24.2 Å². The third-order valence-corrected chi connectivity index (χ3v) is 7.36. The minimum Gasteiger partial charge on any atom is -0.507 e. The van der Waals surface area contributed by atoms with Crippen molar-refractivity contribution in [2.75, 3.05) is 12.3 Å². The number of carbonyl (C=O) groups is 1. The van der Waals surface area contributed by atoms with E-state index in [0.29, 0.717) is 0 Å². The van der Waals surface area contributed by atoms with Crippen molar-refractivity contribution in [1.29, 1.82) is 0 Å². The van der Waals surface area contributed by atoms with Gasteiger partial charge in [-0.3, -0.25) is 9.36 Å². The molecule has 2 unspecified atom stereocenters. The fraction of sp³-hybridized carbons (Fsp3) is 0.333. The Balaban J connectivity index is 1.47. The van der Waals surface area contributed by atoms with Gasteiger partial charge in [-0.15, -0.1) is 0 Å². The number of aliphatic hydroxyl groups excluding tert-OH is 2. The van der Waals surface area contributed by atoms with Crippen molar-refractivity contribution in [2.24, 2.45) is 0 Å². The number of alkyl halides is 1. The minimum atomic E-state index is -4.44. The van der Waals surface area contributed by atoms with E-state index in [1.807, 2.05) is 0 Å². The molecule has 6 N–H and O–H groups in total. The Hall–Kier alpha value is -2.88. The highest BCUT2D eigenvalue weighted by atomic mass is 35.5. The van der Waals surface area contributed by atoms with Crippen molar-refractivity contribution in [3.63, 3.8) is 0 Å². The van der Waals surface area contributed by atoms with Crippen molar-refractivity contribution in [3.8, 4) is 5.75 Å². The van der Waals surface area contributed by atoms with Crippen LogP contribution in [0.3, 0.4) is 0 Å². The Morgan fingerprint density at radius 1 is 1.24 bits per heavy atom. The molecule has 176 valence electrons. The zero-order valence-corrected chi connectivity index (χ0v) is 18.3. The number of ether oxygens (including phenoxy) is 1. The fourth-order valence-corrected chi connectivity index (χ4v) is 4.66. The van der Waals surface area contributed by atoms with E-state index >= 15 is 0 Å². The van der Waals surface area contributed by atoms with Gasteiger partial charge in [0.05, 0.1) is 11.9 Å². The van der Waals surface area contributed by atoms with Crippen LogP contribution in [0.2, 0.25) is 0 Å². The normalized spacial score (nSPS) is 24.2. The van der Waals surface area contributed by atoms with Gasteiger partial charge in [0.25, 0.3) is 0 Å². The van der Waals surface area contributed by atoms with E-state index in [2.05, 4.69) is 19.7 Å². The molecule has 33 heavy (non-hydrogen) atoms. The number of aromatic hydroxyl groups is 1. The maximum Gasteiger partial charge on any atom is 0.236 e. The summed E-state index contributed by atoms with van der Waals surface area (Å²) < 4.78 is 32.1. The molecule has 0 spiro atoms. The third kappa shape index (κ3) is 4.23. The first-order valence-electron chi connectivity index (χ1n) is 9.51. The number of ketones is 1. The zero-order valence-electron chi connectivity index (χ0n) is 16.7. The standard InChI is InChI=1S/C18H19ClN6O7S/c19-15(12(27)8-3-1-2-4-9(8)26)33(30,31)24-5-10-13(28)14(29)18(32-10)25-7-23-11-16(20)21-6-22-17(11)25/h1-4,6-7,10,13-15,18,24,26,28-29H,5H2,(H2,20,21,22)/t10-,13+,14?,15?,18-/m1/s1. The lowest BCUT2D eigenvalue weighted by atomic mass is 10.1. The second-order valence-corrected chi connectivity index (χ2v) is 9.77. The molecule has 3 heterocycles. The summed E-state index contributed by atoms with van der Waals surface area (Å²) in [6, 6.07) is 5.37. The first-order valence-corrected chi connectivity index (χ1v) is 11.5. The Kier molecular flexibility index (Phi) is 6.22. The number of nitrogens with zero attached hydrogens (tertiary/aromatic N) is 4. The smallest absolute Gasteiger partial charge is 0.236 e. The molecule has 5 atom stereocenters. The van der Waals surface area contributed by atoms with E-state index in [1.165, 1.54) is 41.5 Å². The number of nitrogens with one attached hydrogen (secondary N) is 1. The Morgan fingerprint density at radius 3 is 2.70 bits per heavy atom. The molecular formula is C18H19ClN6O7S. The zero-order chi connectivity index (χ0) is 23.9. The molecule has 4 rings (SSSR count). The van der Waals surface area contributed by atoms with E-state index in [9.17, 15) is 28.5 Å². The number of nitrogen functional groups attached to an aromatic ring is 1. The fourth-order valence-electron chi connectivity index (χ4n) is 3.40. The van der Waals surface area contributed by atoms with E-state index in [0.717, 1.165) is 0 Å². The number of hydrogen-bond acceptors (Lipinski definition) is 11. The number of sulfonamides is 1. The van der Waals surface area contributed by atoms with Crippen LogP contribution in [0.5, 0.6) is 5.75 Å². The first-order chi connectivity index (χ1) is 15.6. The van der Waals surface area contributed by atoms with Gasteiger partial charge in [-0.25, -0.2) is 28.1 Å². The number of phenolic OH excluding ortho intramolecular Hbond substituents is 1. The van der Waals surface area contributed by atoms with Crippen LogP contribution in [0.15, 0.2) is 36.9 Å². The summed E-state index contributed by atoms with van der Waals surface area (Å²) in [6.45, 7) is -0.502. The summed E-state index contributed by atoms with van der Waals surface area (Å²) in [5.41, 5.74) is 5.99. The number of halogens is 1. The average Bonchev–Trinajstić information content (AvgIpc) is 3.34. The van der Waals surface area contributed by atoms with Crippen LogP contribution in [0.4, 0.5) is 5.82 Å². The van der Waals surface area contributed by atoms with Crippen molar-refractivity contribution >= 4 is 44.4 Å². The molecule has 2 aromatic heterocycles. The van der Waals surface area contributed by atoms with Crippen LogP contribution in [-0.4, -0.2) is 78.6 Å². The average molecular weight is 499 g/mol. The number of rotatable bonds is 7. The summed E-state index contributed by atoms with van der Waals surface area (Å²) in [5.74, 6) is -1.34. The molecule has 13 nitrogen and oxygen atoms in total. The van der Waals surface area contributed by atoms with Gasteiger partial charge < -0.3 is 25.8 Å². The van der Waals surface area contributed by atoms with E-state index in [-0.39, 0.29) is 22.5 Å². The van der Waals surface area contributed by atoms with Gasteiger partial charge in [0.15, 0.2) is 17.7 Å². The van der Waals surface area contributed by atoms with Crippen molar-refractivity contribution < 1.29 is 33.3 Å². The van der Waals surface area contributed by atoms with Crippen LogP contribution in [0.1, 0.15) is 16.6 Å². The Morgan fingerprint density at radius 2 is 1.97 bits per heavy atom. The predicted molar refractivity (Wildman–Crippen MR) is 115 cm³/mol. The number of para-hydroxylation sites is 1. The predicted octanol–water partition coefficient (Wildman–Crippen LogP) is -0.899. The highest BCUT2D eigenvalue weighted by molar-refractivity contribution is 7.92. The van der Waals surface area contributed by atoms with Crippen molar-refractivity contribution in [3.05, 3.63) is 42.5 Å². The second-order valence-electron chi connectivity index (χ2n) is 7.22. The van der Waals surface area contributed by atoms with E-state index < -0.39 is 57.3 Å². The largest absolute Gasteiger partial charge is 0.507 e. The van der Waals surface area contributed by atoms with E-state index in [4.69, 9.17) is 22.1 Å². The SMILES string of the molecule is Nc1ncnc2c1ncn2[C@@H]1O[C@H](CNS(=O)(=O)C(Cl)C(=O)c2ccccc2O)[C@H](O)C1O. The molecule has 15 heteroatoms. The van der Waals surface area contributed by atoms with Crippen LogP contribution >= 0.6 is 11.6 Å². The van der Waals surface area contributed by atoms with Gasteiger partial charge in [0.2, 0.25) is 20.5 Å². The molecule has 0 bridgehead atoms. The van der Waals surface area contributed by atoms with Gasteiger partial charge in [-0.05, 0) is 12.1 Å². The van der Waals surface area contributed by atoms with Gasteiger partial charge in [0, 0.05) is 6.54 Å². The highest BCUT2D eigenvalue weighted by Gasteiger charge is 2.45. The summed E-state index contributed by atoms with van der Waals surface area (Å²) in [6.07, 6.45) is -2.80. The Labute approximate surface area is 191 Å².